The van der Waals surface area contributed by atoms with E-state index in [0.29, 0.717) is 11.8 Å². The number of halogens is 3. The molecule has 3 aromatic rings. The lowest BCUT2D eigenvalue weighted by Gasteiger charge is -2.49. The number of alkyl halides is 3. The van der Waals surface area contributed by atoms with Crippen LogP contribution in [0, 0.1) is 5.92 Å². The fourth-order valence-electron chi connectivity index (χ4n) is 5.12. The van der Waals surface area contributed by atoms with Crippen LogP contribution in [-0.4, -0.2) is 46.5 Å². The third-order valence-corrected chi connectivity index (χ3v) is 7.68. The topological polar surface area (TPSA) is 59.4 Å². The monoisotopic (exact) mass is 490 g/mol. The first-order valence-corrected chi connectivity index (χ1v) is 12.1. The number of rotatable bonds is 5. The van der Waals surface area contributed by atoms with Gasteiger partial charge in [0.1, 0.15) is 12.3 Å². The summed E-state index contributed by atoms with van der Waals surface area (Å²) in [5, 5.41) is 9.17. The van der Waals surface area contributed by atoms with Gasteiger partial charge in [0.2, 0.25) is 0 Å². The first-order valence-electron chi connectivity index (χ1n) is 11.2. The molecule has 2 aromatic heterocycles. The minimum absolute atomic E-state index is 0.0584. The molecular formula is C24H25F3N4O2S. The number of hydrogen-bond donors (Lipinski definition) is 1. The maximum Gasteiger partial charge on any atom is 0.416 e. The van der Waals surface area contributed by atoms with E-state index in [2.05, 4.69) is 22.3 Å². The SMILES string of the molecule is Cn1nc(-c2cccs2)cc1[C@@H]1CN2CC[C@H]1C[C@@H]2COC(=O)Nc1cccc(C(F)(F)F)c1. The Morgan fingerprint density at radius 1 is 1.26 bits per heavy atom. The highest BCUT2D eigenvalue weighted by atomic mass is 32.1. The van der Waals surface area contributed by atoms with Crippen molar-refractivity contribution in [3.8, 4) is 10.6 Å². The molecule has 6 nitrogen and oxygen atoms in total. The molecule has 180 valence electrons. The van der Waals surface area contributed by atoms with Crippen molar-refractivity contribution in [1.29, 1.82) is 0 Å². The molecule has 3 saturated heterocycles. The fraction of sp³-hybridized carbons (Fsp3) is 0.417. The summed E-state index contributed by atoms with van der Waals surface area (Å²) in [6.07, 6.45) is -3.23. The number of carbonyl (C=O) groups is 1. The van der Waals surface area contributed by atoms with Crippen LogP contribution in [0.4, 0.5) is 23.7 Å². The molecule has 2 bridgehead atoms. The van der Waals surface area contributed by atoms with Gasteiger partial charge in [0, 0.05) is 36.9 Å². The lowest BCUT2D eigenvalue weighted by atomic mass is 9.74. The highest BCUT2D eigenvalue weighted by Gasteiger charge is 2.42. The van der Waals surface area contributed by atoms with Crippen molar-refractivity contribution in [2.45, 2.75) is 31.0 Å². The molecule has 1 amide bonds. The molecule has 34 heavy (non-hydrogen) atoms. The fourth-order valence-corrected chi connectivity index (χ4v) is 5.80. The zero-order chi connectivity index (χ0) is 23.9. The standard InChI is InChI=1S/C24H25F3N4O2S/c1-30-21(12-20(29-30)22-6-3-9-34-22)19-13-31-8-7-15(19)10-18(31)14-33-23(32)28-17-5-2-4-16(11-17)24(25,26)27/h2-6,9,11-12,15,18-19H,7-8,10,13-14H2,1H3,(H,28,32)/t15-,18+,19+/m0/s1. The van der Waals surface area contributed by atoms with Crippen LogP contribution in [0.3, 0.4) is 0 Å². The van der Waals surface area contributed by atoms with Crippen LogP contribution in [-0.2, 0) is 18.0 Å². The zero-order valence-corrected chi connectivity index (χ0v) is 19.4. The number of piperidine rings is 3. The smallest absolute Gasteiger partial charge is 0.416 e. The molecule has 5 heterocycles. The quantitative estimate of drug-likeness (QED) is 0.506. The number of carbonyl (C=O) groups excluding carboxylic acids is 1. The number of ether oxygens (including phenoxy) is 1. The van der Waals surface area contributed by atoms with Crippen LogP contribution >= 0.6 is 11.3 Å². The molecule has 0 saturated carbocycles. The van der Waals surface area contributed by atoms with E-state index >= 15 is 0 Å². The van der Waals surface area contributed by atoms with Crippen LogP contribution < -0.4 is 5.32 Å². The molecule has 10 heteroatoms. The zero-order valence-electron chi connectivity index (χ0n) is 18.6. The summed E-state index contributed by atoms with van der Waals surface area (Å²) in [7, 11) is 1.99. The second kappa shape index (κ2) is 9.07. The largest absolute Gasteiger partial charge is 0.448 e. The average molecular weight is 491 g/mol. The minimum atomic E-state index is -4.47. The predicted molar refractivity (Wildman–Crippen MR) is 124 cm³/mol. The van der Waals surface area contributed by atoms with Crippen LogP contribution in [0.25, 0.3) is 10.6 Å². The van der Waals surface area contributed by atoms with E-state index in [1.807, 2.05) is 23.2 Å². The van der Waals surface area contributed by atoms with Gasteiger partial charge in [0.05, 0.1) is 10.4 Å². The van der Waals surface area contributed by atoms with Gasteiger partial charge in [-0.1, -0.05) is 12.1 Å². The Labute approximate surface area is 199 Å². The molecule has 1 N–H and O–H groups in total. The summed E-state index contributed by atoms with van der Waals surface area (Å²) in [4.78, 5) is 15.7. The molecule has 1 unspecified atom stereocenters. The maximum atomic E-state index is 12.9. The van der Waals surface area contributed by atoms with Crippen molar-refractivity contribution in [1.82, 2.24) is 14.7 Å². The van der Waals surface area contributed by atoms with Gasteiger partial charge in [-0.15, -0.1) is 11.3 Å². The number of thiophene rings is 1. The van der Waals surface area contributed by atoms with Gasteiger partial charge in [-0.3, -0.25) is 14.9 Å². The van der Waals surface area contributed by atoms with Crippen molar-refractivity contribution in [3.63, 3.8) is 0 Å². The van der Waals surface area contributed by atoms with Gasteiger partial charge < -0.3 is 4.74 Å². The van der Waals surface area contributed by atoms with Crippen molar-refractivity contribution < 1.29 is 22.7 Å². The Morgan fingerprint density at radius 2 is 2.12 bits per heavy atom. The normalized spacial score (nSPS) is 24.2. The summed E-state index contributed by atoms with van der Waals surface area (Å²) in [5.74, 6) is 0.840. The number of amides is 1. The molecular weight excluding hydrogens is 465 g/mol. The van der Waals surface area contributed by atoms with E-state index in [4.69, 9.17) is 9.84 Å². The van der Waals surface area contributed by atoms with Gasteiger partial charge in [0.15, 0.2) is 0 Å². The molecule has 4 atom stereocenters. The summed E-state index contributed by atoms with van der Waals surface area (Å²) >= 11 is 1.68. The second-order valence-corrected chi connectivity index (χ2v) is 9.84. The van der Waals surface area contributed by atoms with E-state index in [1.165, 1.54) is 17.8 Å². The Morgan fingerprint density at radius 3 is 2.82 bits per heavy atom. The van der Waals surface area contributed by atoms with Gasteiger partial charge in [-0.25, -0.2) is 4.79 Å². The molecule has 3 fully saturated rings. The van der Waals surface area contributed by atoms with Crippen LogP contribution in [0.1, 0.15) is 30.0 Å². The van der Waals surface area contributed by atoms with Gasteiger partial charge in [0.25, 0.3) is 0 Å². The molecule has 3 aliphatic rings. The Kier molecular flexibility index (Phi) is 6.11. The highest BCUT2D eigenvalue weighted by Crippen LogP contribution is 2.42. The number of fused-ring (bicyclic) bond motifs is 3. The van der Waals surface area contributed by atoms with E-state index in [0.717, 1.165) is 48.6 Å². The third kappa shape index (κ3) is 4.69. The van der Waals surface area contributed by atoms with Crippen LogP contribution in [0.15, 0.2) is 47.8 Å². The Bertz CT molecular complexity index is 1160. The number of anilines is 1. The predicted octanol–water partition coefficient (Wildman–Crippen LogP) is 5.59. The third-order valence-electron chi connectivity index (χ3n) is 6.79. The minimum Gasteiger partial charge on any atom is -0.448 e. The molecule has 6 rings (SSSR count). The van der Waals surface area contributed by atoms with E-state index in [9.17, 15) is 18.0 Å². The van der Waals surface area contributed by atoms with Crippen LogP contribution in [0.2, 0.25) is 0 Å². The van der Waals surface area contributed by atoms with Gasteiger partial charge >= 0.3 is 12.3 Å². The summed E-state index contributed by atoms with van der Waals surface area (Å²) in [5.41, 5.74) is 1.46. The van der Waals surface area contributed by atoms with Crippen molar-refractivity contribution in [2.24, 2.45) is 13.0 Å². The van der Waals surface area contributed by atoms with E-state index in [-0.39, 0.29) is 18.3 Å². The Balaban J connectivity index is 1.18. The maximum absolute atomic E-state index is 12.9. The summed E-state index contributed by atoms with van der Waals surface area (Å²) in [6, 6.07) is 10.9. The molecule has 1 aromatic carbocycles. The van der Waals surface area contributed by atoms with Crippen molar-refractivity contribution in [3.05, 3.63) is 59.1 Å². The number of hydrogen-bond acceptors (Lipinski definition) is 5. The molecule has 3 aliphatic heterocycles. The number of nitrogens with one attached hydrogen (secondary N) is 1. The number of benzene rings is 1. The van der Waals surface area contributed by atoms with E-state index < -0.39 is 17.8 Å². The van der Waals surface area contributed by atoms with E-state index in [1.54, 1.807) is 11.3 Å². The highest BCUT2D eigenvalue weighted by molar-refractivity contribution is 7.13. The lowest BCUT2D eigenvalue weighted by molar-refractivity contribution is -0.137. The average Bonchev–Trinajstić information content (AvgIpc) is 3.47. The number of aromatic nitrogens is 2. The molecule has 0 radical (unpaired) electrons. The van der Waals surface area contributed by atoms with Gasteiger partial charge in [-0.05, 0) is 61.0 Å². The van der Waals surface area contributed by atoms with Gasteiger partial charge in [-0.2, -0.15) is 18.3 Å². The second-order valence-electron chi connectivity index (χ2n) is 8.90. The van der Waals surface area contributed by atoms with Crippen molar-refractivity contribution >= 4 is 23.1 Å². The molecule has 0 aliphatic carbocycles. The van der Waals surface area contributed by atoms with Crippen LogP contribution in [0.5, 0.6) is 0 Å². The summed E-state index contributed by atoms with van der Waals surface area (Å²) < 4.78 is 46.0. The number of nitrogens with zero attached hydrogens (tertiary/aromatic N) is 3. The first-order chi connectivity index (χ1) is 16.3. The van der Waals surface area contributed by atoms with Crippen molar-refractivity contribution in [2.75, 3.05) is 25.0 Å². The molecule has 0 spiro atoms. The lowest BCUT2D eigenvalue weighted by Crippen LogP contribution is -2.54. The Hall–Kier alpha value is -2.85. The summed E-state index contributed by atoms with van der Waals surface area (Å²) in [6.45, 7) is 2.03. The number of aryl methyl sites for hydroxylation is 1. The first kappa shape index (κ1) is 22.9.